The van der Waals surface area contributed by atoms with Gasteiger partial charge in [0.1, 0.15) is 4.60 Å². The first-order valence-electron chi connectivity index (χ1n) is 3.38. The van der Waals surface area contributed by atoms with E-state index in [9.17, 15) is 9.59 Å². The van der Waals surface area contributed by atoms with Crippen LogP contribution in [0.15, 0.2) is 10.8 Å². The minimum Gasteiger partial charge on any atom is -0.463 e. The van der Waals surface area contributed by atoms with Crippen LogP contribution < -0.4 is 0 Å². The highest BCUT2D eigenvalue weighted by Gasteiger charge is 2.21. The minimum atomic E-state index is -0.895. The molecule has 0 aliphatic heterocycles. The van der Waals surface area contributed by atoms with Crippen LogP contribution >= 0.6 is 15.9 Å². The van der Waals surface area contributed by atoms with Crippen molar-refractivity contribution in [3.63, 3.8) is 0 Å². The SMILES string of the molecule is COC(=O)C(=O)c1cnn(C)c1Br. The summed E-state index contributed by atoms with van der Waals surface area (Å²) in [6, 6.07) is 0. The molecular weight excluding hydrogens is 240 g/mol. The van der Waals surface area contributed by atoms with E-state index in [0.29, 0.717) is 4.60 Å². The summed E-state index contributed by atoms with van der Waals surface area (Å²) in [7, 11) is 2.81. The average molecular weight is 247 g/mol. The molecule has 0 atom stereocenters. The molecule has 0 fully saturated rings. The van der Waals surface area contributed by atoms with Gasteiger partial charge in [0, 0.05) is 7.05 Å². The molecule has 0 N–H and O–H groups in total. The number of aromatic nitrogens is 2. The van der Waals surface area contributed by atoms with Crippen molar-refractivity contribution in [3.05, 3.63) is 16.4 Å². The molecule has 1 aromatic heterocycles. The van der Waals surface area contributed by atoms with Crippen molar-refractivity contribution >= 4 is 27.7 Å². The average Bonchev–Trinajstić information content (AvgIpc) is 2.45. The topological polar surface area (TPSA) is 61.2 Å². The molecular formula is C7H7BrN2O3. The lowest BCUT2D eigenvalue weighted by molar-refractivity contribution is -0.135. The molecule has 6 heteroatoms. The Hall–Kier alpha value is -1.17. The molecule has 5 nitrogen and oxygen atoms in total. The molecule has 1 heterocycles. The zero-order chi connectivity index (χ0) is 10.0. The lowest BCUT2D eigenvalue weighted by atomic mass is 10.2. The third-order valence-corrected chi connectivity index (χ3v) is 2.42. The number of rotatable bonds is 2. The fourth-order valence-electron chi connectivity index (χ4n) is 0.778. The quantitative estimate of drug-likeness (QED) is 0.434. The van der Waals surface area contributed by atoms with E-state index < -0.39 is 11.8 Å². The van der Waals surface area contributed by atoms with Crippen molar-refractivity contribution in [2.24, 2.45) is 7.05 Å². The molecule has 0 aromatic carbocycles. The van der Waals surface area contributed by atoms with Crippen LogP contribution in [0.4, 0.5) is 0 Å². The number of halogens is 1. The van der Waals surface area contributed by atoms with Crippen LogP contribution in [0.1, 0.15) is 10.4 Å². The van der Waals surface area contributed by atoms with Crippen molar-refractivity contribution in [2.75, 3.05) is 7.11 Å². The lowest BCUT2D eigenvalue weighted by Gasteiger charge is -1.96. The summed E-state index contributed by atoms with van der Waals surface area (Å²) >= 11 is 3.12. The summed E-state index contributed by atoms with van der Waals surface area (Å²) in [5, 5.41) is 3.80. The predicted molar refractivity (Wildman–Crippen MR) is 47.3 cm³/mol. The predicted octanol–water partition coefficient (Wildman–Crippen LogP) is 0.538. The Morgan fingerprint density at radius 2 is 2.23 bits per heavy atom. The number of carbonyl (C=O) groups is 2. The minimum absolute atomic E-state index is 0.203. The van der Waals surface area contributed by atoms with Gasteiger partial charge in [0.05, 0.1) is 18.9 Å². The monoisotopic (exact) mass is 246 g/mol. The summed E-state index contributed by atoms with van der Waals surface area (Å²) in [5.41, 5.74) is 0.203. The van der Waals surface area contributed by atoms with Gasteiger partial charge >= 0.3 is 5.97 Å². The maximum absolute atomic E-state index is 11.3. The second kappa shape index (κ2) is 3.69. The second-order valence-corrected chi connectivity index (χ2v) is 3.04. The van der Waals surface area contributed by atoms with Crippen LogP contribution in [0.25, 0.3) is 0 Å². The normalized spacial score (nSPS) is 9.77. The maximum Gasteiger partial charge on any atom is 0.379 e. The number of hydrogen-bond acceptors (Lipinski definition) is 4. The first-order chi connectivity index (χ1) is 6.07. The molecule has 13 heavy (non-hydrogen) atoms. The highest BCUT2D eigenvalue weighted by molar-refractivity contribution is 9.10. The van der Waals surface area contributed by atoms with Crippen LogP contribution in [0.5, 0.6) is 0 Å². The highest BCUT2D eigenvalue weighted by atomic mass is 79.9. The molecule has 0 saturated carbocycles. The molecule has 1 aromatic rings. The first kappa shape index (κ1) is 9.91. The zero-order valence-corrected chi connectivity index (χ0v) is 8.66. The third kappa shape index (κ3) is 1.77. The molecule has 0 aliphatic rings. The summed E-state index contributed by atoms with van der Waals surface area (Å²) < 4.78 is 6.19. The van der Waals surface area contributed by atoms with Gasteiger partial charge in [-0.2, -0.15) is 5.10 Å². The van der Waals surface area contributed by atoms with Crippen molar-refractivity contribution in [1.29, 1.82) is 0 Å². The lowest BCUT2D eigenvalue weighted by Crippen LogP contribution is -2.15. The molecule has 1 rings (SSSR count). The number of ether oxygens (including phenoxy) is 1. The zero-order valence-electron chi connectivity index (χ0n) is 7.07. The Bertz CT molecular complexity index is 359. The van der Waals surface area contributed by atoms with E-state index in [1.165, 1.54) is 10.9 Å². The molecule has 0 aliphatic carbocycles. The van der Waals surface area contributed by atoms with Gasteiger partial charge < -0.3 is 4.74 Å². The molecule has 0 unspecified atom stereocenters. The Morgan fingerprint density at radius 1 is 1.62 bits per heavy atom. The van der Waals surface area contributed by atoms with E-state index in [0.717, 1.165) is 7.11 Å². The number of hydrogen-bond donors (Lipinski definition) is 0. The van der Waals surface area contributed by atoms with Crippen LogP contribution in [0.2, 0.25) is 0 Å². The van der Waals surface area contributed by atoms with Crippen molar-refractivity contribution < 1.29 is 14.3 Å². The van der Waals surface area contributed by atoms with Crippen LogP contribution in [0, 0.1) is 0 Å². The van der Waals surface area contributed by atoms with Gasteiger partial charge in [-0.25, -0.2) is 4.79 Å². The number of methoxy groups -OCH3 is 1. The smallest absolute Gasteiger partial charge is 0.379 e. The largest absolute Gasteiger partial charge is 0.463 e. The van der Waals surface area contributed by atoms with Crippen LogP contribution in [-0.4, -0.2) is 28.6 Å². The molecule has 70 valence electrons. The number of Topliss-reactive ketones (excluding diaryl/α,β-unsaturated/α-hetero) is 1. The van der Waals surface area contributed by atoms with Gasteiger partial charge in [-0.1, -0.05) is 0 Å². The maximum atomic E-state index is 11.3. The summed E-state index contributed by atoms with van der Waals surface area (Å²) in [5.74, 6) is -1.60. The summed E-state index contributed by atoms with van der Waals surface area (Å²) in [6.45, 7) is 0. The number of nitrogens with zero attached hydrogens (tertiary/aromatic N) is 2. The van der Waals surface area contributed by atoms with E-state index in [4.69, 9.17) is 0 Å². The van der Waals surface area contributed by atoms with E-state index in [2.05, 4.69) is 25.8 Å². The van der Waals surface area contributed by atoms with Gasteiger partial charge in [0.15, 0.2) is 0 Å². The Kier molecular flexibility index (Phi) is 2.82. The van der Waals surface area contributed by atoms with Crippen LogP contribution in [-0.2, 0) is 16.6 Å². The molecule has 0 bridgehead atoms. The molecule has 0 amide bonds. The van der Waals surface area contributed by atoms with Crippen molar-refractivity contribution in [3.8, 4) is 0 Å². The number of aryl methyl sites for hydroxylation is 1. The fourth-order valence-corrected chi connectivity index (χ4v) is 1.15. The Balaban J connectivity index is 3.02. The van der Waals surface area contributed by atoms with Gasteiger partial charge in [-0.3, -0.25) is 9.48 Å². The van der Waals surface area contributed by atoms with Gasteiger partial charge in [-0.05, 0) is 15.9 Å². The second-order valence-electron chi connectivity index (χ2n) is 2.29. The molecule has 0 spiro atoms. The van der Waals surface area contributed by atoms with Crippen molar-refractivity contribution in [1.82, 2.24) is 9.78 Å². The van der Waals surface area contributed by atoms with E-state index in [1.807, 2.05) is 0 Å². The first-order valence-corrected chi connectivity index (χ1v) is 4.17. The number of ketones is 1. The van der Waals surface area contributed by atoms with Crippen molar-refractivity contribution in [2.45, 2.75) is 0 Å². The highest BCUT2D eigenvalue weighted by Crippen LogP contribution is 2.15. The molecule has 0 radical (unpaired) electrons. The van der Waals surface area contributed by atoms with Gasteiger partial charge in [0.2, 0.25) is 0 Å². The fraction of sp³-hybridized carbons (Fsp3) is 0.286. The van der Waals surface area contributed by atoms with Gasteiger partial charge in [0.25, 0.3) is 5.78 Å². The van der Waals surface area contributed by atoms with Crippen LogP contribution in [0.3, 0.4) is 0 Å². The van der Waals surface area contributed by atoms with E-state index in [1.54, 1.807) is 7.05 Å². The summed E-state index contributed by atoms with van der Waals surface area (Å²) in [6.07, 6.45) is 1.31. The third-order valence-electron chi connectivity index (χ3n) is 1.48. The summed E-state index contributed by atoms with van der Waals surface area (Å²) in [4.78, 5) is 22.1. The number of carbonyl (C=O) groups excluding carboxylic acids is 2. The standard InChI is InChI=1S/C7H7BrN2O3/c1-10-6(8)4(3-9-10)5(11)7(12)13-2/h3H,1-2H3. The Morgan fingerprint density at radius 3 is 2.62 bits per heavy atom. The molecule has 0 saturated heterocycles. The van der Waals surface area contributed by atoms with E-state index >= 15 is 0 Å². The van der Waals surface area contributed by atoms with Gasteiger partial charge in [-0.15, -0.1) is 0 Å². The number of esters is 1. The Labute approximate surface area is 82.8 Å². The van der Waals surface area contributed by atoms with E-state index in [-0.39, 0.29) is 5.56 Å².